The number of pyridine rings is 1. The van der Waals surface area contributed by atoms with E-state index in [0.29, 0.717) is 28.6 Å². The number of aryl methyl sites for hydroxylation is 1. The minimum Gasteiger partial charge on any atom is -0.494 e. The number of hydrogen-bond acceptors (Lipinski definition) is 8. The number of carbonyl (C=O) groups excluding carboxylic acids is 2. The highest BCUT2D eigenvalue weighted by Gasteiger charge is 2.30. The van der Waals surface area contributed by atoms with E-state index in [1.807, 2.05) is 37.3 Å². The maximum atomic E-state index is 13.2. The van der Waals surface area contributed by atoms with Crippen LogP contribution in [0.5, 0.6) is 17.2 Å². The van der Waals surface area contributed by atoms with Crippen LogP contribution in [0.3, 0.4) is 0 Å². The van der Waals surface area contributed by atoms with Gasteiger partial charge in [-0.3, -0.25) is 4.79 Å². The summed E-state index contributed by atoms with van der Waals surface area (Å²) < 4.78 is 23.6. The third-order valence-electron chi connectivity index (χ3n) is 5.74. The monoisotopic (exact) mass is 488 g/mol. The van der Waals surface area contributed by atoms with Gasteiger partial charge in [0.15, 0.2) is 23.1 Å². The fourth-order valence-electron chi connectivity index (χ4n) is 3.99. The molecule has 1 N–H and O–H groups in total. The average Bonchev–Trinajstić information content (AvgIpc) is 3.31. The number of esters is 1. The van der Waals surface area contributed by atoms with Crippen molar-refractivity contribution in [2.45, 2.75) is 20.0 Å². The minimum atomic E-state index is -0.940. The Labute approximate surface area is 206 Å². The molecule has 0 saturated heterocycles. The summed E-state index contributed by atoms with van der Waals surface area (Å²) in [5.74, 6) is 0.980. The maximum Gasteiger partial charge on any atom is 0.343 e. The van der Waals surface area contributed by atoms with Crippen molar-refractivity contribution in [1.29, 1.82) is 0 Å². The van der Waals surface area contributed by atoms with Gasteiger partial charge in [0.05, 0.1) is 19.9 Å². The number of rotatable bonds is 6. The van der Waals surface area contributed by atoms with E-state index in [4.69, 9.17) is 23.9 Å². The number of hydrogen-bond donors (Lipinski definition) is 1. The maximum absolute atomic E-state index is 13.2. The molecule has 4 aromatic rings. The summed E-state index contributed by atoms with van der Waals surface area (Å²) in [6.45, 7) is 3.81. The van der Waals surface area contributed by atoms with E-state index in [1.165, 1.54) is 10.9 Å². The average molecular weight is 489 g/mol. The summed E-state index contributed by atoms with van der Waals surface area (Å²) in [7, 11) is 1.57. The number of para-hydroxylation sites is 3. The van der Waals surface area contributed by atoms with Gasteiger partial charge in [0.2, 0.25) is 6.10 Å². The number of anilines is 1. The molecule has 2 aromatic heterocycles. The van der Waals surface area contributed by atoms with E-state index in [9.17, 15) is 9.59 Å². The molecule has 0 saturated carbocycles. The van der Waals surface area contributed by atoms with Gasteiger partial charge in [-0.15, -0.1) is 0 Å². The predicted molar refractivity (Wildman–Crippen MR) is 131 cm³/mol. The van der Waals surface area contributed by atoms with Crippen molar-refractivity contribution >= 4 is 28.6 Å². The fourth-order valence-corrected chi connectivity index (χ4v) is 3.99. The second kappa shape index (κ2) is 9.57. The molecule has 184 valence electrons. The lowest BCUT2D eigenvalue weighted by molar-refractivity contribution is -0.125. The van der Waals surface area contributed by atoms with Crippen LogP contribution in [0.1, 0.15) is 22.8 Å². The second-order valence-corrected chi connectivity index (χ2v) is 8.05. The standard InChI is InChI=1S/C26H24N4O6/c1-4-34-26(32)17-13-27-30(22-12-15(2)16-8-7-11-20(33-3)23(16)28-22)24(17)29-25(31)21-14-35-18-9-5-6-10-19(18)36-21/h5-13,21H,4,14H2,1-3H3,(H,29,31). The molecule has 3 heterocycles. The van der Waals surface area contributed by atoms with Crippen LogP contribution in [0.2, 0.25) is 0 Å². The minimum absolute atomic E-state index is 0.0102. The first kappa shape index (κ1) is 23.2. The van der Waals surface area contributed by atoms with Gasteiger partial charge in [-0.2, -0.15) is 9.78 Å². The number of nitrogens with zero attached hydrogens (tertiary/aromatic N) is 3. The fraction of sp³-hybridized carbons (Fsp3) is 0.231. The molecule has 0 fully saturated rings. The Hall–Kier alpha value is -4.60. The van der Waals surface area contributed by atoms with Crippen molar-refractivity contribution in [2.75, 3.05) is 25.6 Å². The van der Waals surface area contributed by atoms with E-state index in [2.05, 4.69) is 10.4 Å². The van der Waals surface area contributed by atoms with Crippen LogP contribution in [0, 0.1) is 6.92 Å². The molecule has 1 atom stereocenters. The Bertz CT molecular complexity index is 1460. The highest BCUT2D eigenvalue weighted by Crippen LogP contribution is 2.32. The van der Waals surface area contributed by atoms with Crippen LogP contribution in [0.4, 0.5) is 5.82 Å². The summed E-state index contributed by atoms with van der Waals surface area (Å²) in [6.07, 6.45) is 0.398. The molecule has 0 radical (unpaired) electrons. The first-order chi connectivity index (χ1) is 17.5. The molecular weight excluding hydrogens is 464 g/mol. The number of fused-ring (bicyclic) bond motifs is 2. The van der Waals surface area contributed by atoms with Crippen LogP contribution in [0.15, 0.2) is 54.7 Å². The van der Waals surface area contributed by atoms with E-state index in [1.54, 1.807) is 32.2 Å². The Balaban J connectivity index is 1.54. The molecule has 10 nitrogen and oxygen atoms in total. The molecule has 0 bridgehead atoms. The molecule has 10 heteroatoms. The van der Waals surface area contributed by atoms with Crippen LogP contribution >= 0.6 is 0 Å². The Morgan fingerprint density at radius 2 is 1.97 bits per heavy atom. The zero-order valence-corrected chi connectivity index (χ0v) is 20.0. The van der Waals surface area contributed by atoms with Crippen molar-refractivity contribution < 1.29 is 28.5 Å². The van der Waals surface area contributed by atoms with Crippen LogP contribution in [-0.4, -0.2) is 53.1 Å². The molecule has 1 aliphatic rings. The second-order valence-electron chi connectivity index (χ2n) is 8.05. The van der Waals surface area contributed by atoms with Gasteiger partial charge >= 0.3 is 5.97 Å². The number of carbonyl (C=O) groups is 2. The normalized spacial score (nSPS) is 14.4. The molecule has 0 spiro atoms. The van der Waals surface area contributed by atoms with Crippen molar-refractivity contribution in [3.05, 3.63) is 65.9 Å². The molecule has 1 aliphatic heterocycles. The summed E-state index contributed by atoms with van der Waals surface area (Å²) in [5.41, 5.74) is 1.63. The van der Waals surface area contributed by atoms with Gasteiger partial charge in [0, 0.05) is 5.39 Å². The van der Waals surface area contributed by atoms with Crippen molar-refractivity contribution in [3.63, 3.8) is 0 Å². The van der Waals surface area contributed by atoms with Crippen molar-refractivity contribution in [2.24, 2.45) is 0 Å². The number of nitrogens with one attached hydrogen (secondary N) is 1. The quantitative estimate of drug-likeness (QED) is 0.409. The summed E-state index contributed by atoms with van der Waals surface area (Å²) in [6, 6.07) is 14.6. The van der Waals surface area contributed by atoms with Crippen LogP contribution in [0.25, 0.3) is 16.7 Å². The van der Waals surface area contributed by atoms with E-state index in [-0.39, 0.29) is 24.6 Å². The lowest BCUT2D eigenvalue weighted by atomic mass is 10.1. The molecule has 1 unspecified atom stereocenters. The van der Waals surface area contributed by atoms with Crippen molar-refractivity contribution in [3.8, 4) is 23.1 Å². The highest BCUT2D eigenvalue weighted by atomic mass is 16.6. The van der Waals surface area contributed by atoms with Gasteiger partial charge in [-0.05, 0) is 43.7 Å². The summed E-state index contributed by atoms with van der Waals surface area (Å²) >= 11 is 0. The Morgan fingerprint density at radius 3 is 2.75 bits per heavy atom. The zero-order valence-electron chi connectivity index (χ0n) is 20.0. The molecule has 0 aliphatic carbocycles. The largest absolute Gasteiger partial charge is 0.494 e. The van der Waals surface area contributed by atoms with Gasteiger partial charge in [0.1, 0.15) is 23.4 Å². The molecule has 36 heavy (non-hydrogen) atoms. The lowest BCUT2D eigenvalue weighted by Crippen LogP contribution is -2.40. The van der Waals surface area contributed by atoms with Gasteiger partial charge < -0.3 is 24.3 Å². The van der Waals surface area contributed by atoms with Gasteiger partial charge in [-0.1, -0.05) is 24.3 Å². The summed E-state index contributed by atoms with van der Waals surface area (Å²) in [4.78, 5) is 30.6. The number of methoxy groups -OCH3 is 1. The molecule has 1 amide bonds. The third-order valence-corrected chi connectivity index (χ3v) is 5.74. The number of amides is 1. The zero-order chi connectivity index (χ0) is 25.2. The van der Waals surface area contributed by atoms with E-state index in [0.717, 1.165) is 10.9 Å². The van der Waals surface area contributed by atoms with Gasteiger partial charge in [-0.25, -0.2) is 9.78 Å². The van der Waals surface area contributed by atoms with E-state index >= 15 is 0 Å². The van der Waals surface area contributed by atoms with Gasteiger partial charge in [0.25, 0.3) is 5.91 Å². The number of ether oxygens (including phenoxy) is 4. The number of aromatic nitrogens is 3. The molecule has 5 rings (SSSR count). The first-order valence-electron chi connectivity index (χ1n) is 11.4. The molecular formula is C26H24N4O6. The lowest BCUT2D eigenvalue weighted by Gasteiger charge is -2.25. The van der Waals surface area contributed by atoms with Crippen LogP contribution < -0.4 is 19.5 Å². The predicted octanol–water partition coefficient (Wildman–Crippen LogP) is 3.69. The third kappa shape index (κ3) is 4.17. The van der Waals surface area contributed by atoms with Crippen molar-refractivity contribution in [1.82, 2.24) is 14.8 Å². The number of benzene rings is 2. The smallest absolute Gasteiger partial charge is 0.343 e. The summed E-state index contributed by atoms with van der Waals surface area (Å²) in [5, 5.41) is 8.04. The highest BCUT2D eigenvalue weighted by molar-refractivity contribution is 6.02. The van der Waals surface area contributed by atoms with Crippen LogP contribution in [-0.2, 0) is 9.53 Å². The molecule has 2 aromatic carbocycles. The topological polar surface area (TPSA) is 114 Å². The van der Waals surface area contributed by atoms with E-state index < -0.39 is 18.0 Å². The first-order valence-corrected chi connectivity index (χ1v) is 11.4. The SMILES string of the molecule is CCOC(=O)c1cnn(-c2cc(C)c3cccc(OC)c3n2)c1NC(=O)C1COc2ccccc2O1. The Kier molecular flexibility index (Phi) is 6.16. The Morgan fingerprint density at radius 1 is 1.17 bits per heavy atom.